The summed E-state index contributed by atoms with van der Waals surface area (Å²) in [5.74, 6) is 0.359. The Morgan fingerprint density at radius 2 is 1.88 bits per heavy atom. The summed E-state index contributed by atoms with van der Waals surface area (Å²) < 4.78 is 36.4. The Hall–Kier alpha value is -2.09. The van der Waals surface area contributed by atoms with Gasteiger partial charge >= 0.3 is 6.18 Å². The zero-order chi connectivity index (χ0) is 17.4. The third kappa shape index (κ3) is 6.19. The largest absolute Gasteiger partial charge is 0.390 e. The first-order chi connectivity index (χ1) is 11.5. The van der Waals surface area contributed by atoms with E-state index in [1.807, 2.05) is 35.7 Å². The molecule has 0 saturated carbocycles. The number of guanidine groups is 1. The number of aromatic nitrogens is 1. The quantitative estimate of drug-likeness (QED) is 0.615. The van der Waals surface area contributed by atoms with Crippen LogP contribution in [0, 0.1) is 0 Å². The fourth-order valence-electron chi connectivity index (χ4n) is 1.99. The van der Waals surface area contributed by atoms with Gasteiger partial charge in [0.25, 0.3) is 0 Å². The Labute approximate surface area is 142 Å². The molecule has 130 valence electrons. The molecule has 1 heterocycles. The summed E-state index contributed by atoms with van der Waals surface area (Å²) in [6.45, 7) is 0.349. The molecule has 0 saturated heterocycles. The molecule has 0 amide bonds. The van der Waals surface area contributed by atoms with E-state index in [4.69, 9.17) is 0 Å². The first-order valence-electron chi connectivity index (χ1n) is 7.49. The third-order valence-corrected chi connectivity index (χ3v) is 4.11. The summed E-state index contributed by atoms with van der Waals surface area (Å²) in [5.41, 5.74) is 2.02. The van der Waals surface area contributed by atoms with Crippen LogP contribution < -0.4 is 10.6 Å². The number of rotatable bonds is 6. The van der Waals surface area contributed by atoms with Gasteiger partial charge in [0.1, 0.15) is 5.01 Å². The Morgan fingerprint density at radius 1 is 1.17 bits per heavy atom. The van der Waals surface area contributed by atoms with Gasteiger partial charge in [-0.05, 0) is 0 Å². The van der Waals surface area contributed by atoms with Crippen molar-refractivity contribution in [3.05, 3.63) is 41.4 Å². The zero-order valence-electron chi connectivity index (χ0n) is 13.2. The molecule has 0 unspecified atom stereocenters. The van der Waals surface area contributed by atoms with E-state index < -0.39 is 12.6 Å². The second kappa shape index (κ2) is 8.68. The smallest absolute Gasteiger partial charge is 0.356 e. The van der Waals surface area contributed by atoms with Crippen molar-refractivity contribution in [3.8, 4) is 10.6 Å². The van der Waals surface area contributed by atoms with Gasteiger partial charge in [-0.3, -0.25) is 4.99 Å². The van der Waals surface area contributed by atoms with E-state index in [0.29, 0.717) is 18.9 Å². The highest BCUT2D eigenvalue weighted by Gasteiger charge is 2.26. The van der Waals surface area contributed by atoms with Crippen LogP contribution in [0.5, 0.6) is 0 Å². The van der Waals surface area contributed by atoms with Crippen LogP contribution in [-0.2, 0) is 6.42 Å². The maximum Gasteiger partial charge on any atom is 0.390 e. The molecule has 2 aromatic rings. The number of benzene rings is 1. The lowest BCUT2D eigenvalue weighted by molar-refractivity contribution is -0.132. The van der Waals surface area contributed by atoms with Crippen LogP contribution in [0.3, 0.4) is 0 Å². The molecule has 0 fully saturated rings. The van der Waals surface area contributed by atoms with Crippen molar-refractivity contribution in [2.75, 3.05) is 20.1 Å². The van der Waals surface area contributed by atoms with E-state index >= 15 is 0 Å². The van der Waals surface area contributed by atoms with Gasteiger partial charge in [-0.2, -0.15) is 13.2 Å². The summed E-state index contributed by atoms with van der Waals surface area (Å²) in [6, 6.07) is 9.91. The third-order valence-electron chi connectivity index (χ3n) is 3.17. The van der Waals surface area contributed by atoms with Crippen LogP contribution in [0.25, 0.3) is 10.6 Å². The van der Waals surface area contributed by atoms with Gasteiger partial charge in [0.15, 0.2) is 5.96 Å². The molecule has 4 nitrogen and oxygen atoms in total. The number of hydrogen-bond donors (Lipinski definition) is 2. The molecule has 2 N–H and O–H groups in total. The second-order valence-electron chi connectivity index (χ2n) is 5.05. The Morgan fingerprint density at radius 3 is 2.54 bits per heavy atom. The van der Waals surface area contributed by atoms with Crippen LogP contribution in [-0.4, -0.2) is 37.3 Å². The lowest BCUT2D eigenvalue weighted by atomic mass is 10.2. The van der Waals surface area contributed by atoms with E-state index in [9.17, 15) is 13.2 Å². The molecular formula is C16H19F3N4S. The first-order valence-corrected chi connectivity index (χ1v) is 8.37. The van der Waals surface area contributed by atoms with Crippen LogP contribution in [0.1, 0.15) is 12.1 Å². The molecule has 1 aromatic carbocycles. The van der Waals surface area contributed by atoms with Gasteiger partial charge in [0.05, 0.1) is 12.1 Å². The molecule has 0 atom stereocenters. The summed E-state index contributed by atoms with van der Waals surface area (Å²) >= 11 is 1.57. The van der Waals surface area contributed by atoms with E-state index in [1.165, 1.54) is 7.05 Å². The van der Waals surface area contributed by atoms with E-state index in [2.05, 4.69) is 20.6 Å². The summed E-state index contributed by atoms with van der Waals surface area (Å²) in [7, 11) is 1.53. The molecule has 0 aliphatic heterocycles. The van der Waals surface area contributed by atoms with Gasteiger partial charge in [-0.25, -0.2) is 4.98 Å². The molecule has 1 aromatic heterocycles. The number of alkyl halides is 3. The van der Waals surface area contributed by atoms with E-state index in [1.54, 1.807) is 11.3 Å². The van der Waals surface area contributed by atoms with Gasteiger partial charge in [0, 0.05) is 37.5 Å². The molecule has 2 rings (SSSR count). The number of halogens is 3. The van der Waals surface area contributed by atoms with E-state index in [0.717, 1.165) is 16.3 Å². The zero-order valence-corrected chi connectivity index (χ0v) is 14.0. The number of aliphatic imine (C=N–C) groups is 1. The predicted molar refractivity (Wildman–Crippen MR) is 91.3 cm³/mol. The number of thiazole rings is 1. The van der Waals surface area contributed by atoms with Crippen LogP contribution in [0.4, 0.5) is 13.2 Å². The SMILES string of the molecule is CN=C(NCCc1csc(-c2ccccc2)n1)NCCC(F)(F)F. The summed E-state index contributed by atoms with van der Waals surface area (Å²) in [5, 5.41) is 8.58. The Balaban J connectivity index is 1.76. The summed E-state index contributed by atoms with van der Waals surface area (Å²) in [6.07, 6.45) is -4.39. The average molecular weight is 356 g/mol. The predicted octanol–water partition coefficient (Wildman–Crippen LogP) is 3.47. The molecule has 0 aliphatic carbocycles. The van der Waals surface area contributed by atoms with Crippen LogP contribution in [0.2, 0.25) is 0 Å². The minimum atomic E-state index is -4.17. The van der Waals surface area contributed by atoms with Crippen molar-refractivity contribution in [2.24, 2.45) is 4.99 Å². The van der Waals surface area contributed by atoms with Crippen molar-refractivity contribution < 1.29 is 13.2 Å². The second-order valence-corrected chi connectivity index (χ2v) is 5.91. The normalized spacial score (nSPS) is 12.2. The monoisotopic (exact) mass is 356 g/mol. The Kier molecular flexibility index (Phi) is 6.60. The van der Waals surface area contributed by atoms with Gasteiger partial charge in [-0.15, -0.1) is 11.3 Å². The molecule has 0 spiro atoms. The van der Waals surface area contributed by atoms with Crippen molar-refractivity contribution in [3.63, 3.8) is 0 Å². The molecule has 8 heteroatoms. The molecule has 0 bridgehead atoms. The maximum atomic E-state index is 12.1. The fourth-order valence-corrected chi connectivity index (χ4v) is 2.85. The fraction of sp³-hybridized carbons (Fsp3) is 0.375. The standard InChI is InChI=1S/C16H19F3N4S/c1-20-15(22-10-8-16(17,18)19)21-9-7-13-11-24-14(23-13)12-5-3-2-4-6-12/h2-6,11H,7-10H2,1H3,(H2,20,21,22). The molecular weight excluding hydrogens is 337 g/mol. The minimum absolute atomic E-state index is 0.196. The van der Waals surface area contributed by atoms with Gasteiger partial charge < -0.3 is 10.6 Å². The highest BCUT2D eigenvalue weighted by molar-refractivity contribution is 7.13. The highest BCUT2D eigenvalue weighted by Crippen LogP contribution is 2.23. The number of nitrogens with one attached hydrogen (secondary N) is 2. The lowest BCUT2D eigenvalue weighted by Gasteiger charge is -2.12. The maximum absolute atomic E-state index is 12.1. The molecule has 24 heavy (non-hydrogen) atoms. The highest BCUT2D eigenvalue weighted by atomic mass is 32.1. The lowest BCUT2D eigenvalue weighted by Crippen LogP contribution is -2.39. The van der Waals surface area contributed by atoms with Crippen LogP contribution >= 0.6 is 11.3 Å². The van der Waals surface area contributed by atoms with Gasteiger partial charge in [0.2, 0.25) is 0 Å². The number of nitrogens with zero attached hydrogens (tertiary/aromatic N) is 2. The topological polar surface area (TPSA) is 49.3 Å². The Bertz CT molecular complexity index is 653. The molecule has 0 radical (unpaired) electrons. The van der Waals surface area contributed by atoms with Crippen molar-refractivity contribution in [1.29, 1.82) is 0 Å². The van der Waals surface area contributed by atoms with E-state index in [-0.39, 0.29) is 6.54 Å². The first kappa shape index (κ1) is 18.3. The van der Waals surface area contributed by atoms with Crippen LogP contribution in [0.15, 0.2) is 40.7 Å². The van der Waals surface area contributed by atoms with Crippen molar-refractivity contribution in [1.82, 2.24) is 15.6 Å². The van der Waals surface area contributed by atoms with Crippen molar-refractivity contribution >= 4 is 17.3 Å². The average Bonchev–Trinajstić information content (AvgIpc) is 3.02. The van der Waals surface area contributed by atoms with Crippen molar-refractivity contribution in [2.45, 2.75) is 19.0 Å². The minimum Gasteiger partial charge on any atom is -0.356 e. The van der Waals surface area contributed by atoms with Gasteiger partial charge in [-0.1, -0.05) is 30.3 Å². The summed E-state index contributed by atoms with van der Waals surface area (Å²) in [4.78, 5) is 8.47. The number of hydrogen-bond acceptors (Lipinski definition) is 3. The molecule has 0 aliphatic rings.